The van der Waals surface area contributed by atoms with Crippen LogP contribution in [0.4, 0.5) is 4.79 Å². The van der Waals surface area contributed by atoms with E-state index in [9.17, 15) is 14.4 Å². The molecule has 1 heterocycles. The van der Waals surface area contributed by atoms with Crippen LogP contribution in [0.3, 0.4) is 0 Å². The molecule has 0 bridgehead atoms. The lowest BCUT2D eigenvalue weighted by molar-refractivity contribution is -0.140. The second kappa shape index (κ2) is 5.12. The molecule has 4 amide bonds. The normalized spacial score (nSPS) is 30.2. The van der Waals surface area contributed by atoms with Gasteiger partial charge in [-0.3, -0.25) is 15.0 Å². The van der Waals surface area contributed by atoms with Crippen LogP contribution < -0.4 is 10.7 Å². The van der Waals surface area contributed by atoms with Gasteiger partial charge in [-0.2, -0.15) is 5.01 Å². The highest BCUT2D eigenvalue weighted by Crippen LogP contribution is 2.38. The number of urea groups is 1. The summed E-state index contributed by atoms with van der Waals surface area (Å²) in [6.07, 6.45) is 1.21. The maximum atomic E-state index is 12.8. The third-order valence-electron chi connectivity index (χ3n) is 4.56. The van der Waals surface area contributed by atoms with Crippen molar-refractivity contribution in [3.8, 4) is 0 Å². The second-order valence-electron chi connectivity index (χ2n) is 5.99. The van der Waals surface area contributed by atoms with Gasteiger partial charge in [-0.25, -0.2) is 4.79 Å². The van der Waals surface area contributed by atoms with Crippen molar-refractivity contribution < 1.29 is 14.4 Å². The second-order valence-corrected chi connectivity index (χ2v) is 5.99. The Hall–Kier alpha value is -2.37. The van der Waals surface area contributed by atoms with E-state index in [0.717, 1.165) is 11.4 Å². The molecule has 3 unspecified atom stereocenters. The zero-order valence-electron chi connectivity index (χ0n) is 12.6. The van der Waals surface area contributed by atoms with E-state index in [1.807, 2.05) is 32.0 Å². The molecule has 1 saturated heterocycles. The highest BCUT2D eigenvalue weighted by molar-refractivity contribution is 6.08. The van der Waals surface area contributed by atoms with Crippen molar-refractivity contribution in [2.75, 3.05) is 0 Å². The zero-order chi connectivity index (χ0) is 15.9. The van der Waals surface area contributed by atoms with Gasteiger partial charge in [-0.05, 0) is 24.3 Å². The van der Waals surface area contributed by atoms with E-state index < -0.39 is 17.5 Å². The number of amides is 4. The van der Waals surface area contributed by atoms with Gasteiger partial charge in [0.05, 0.1) is 0 Å². The lowest BCUT2D eigenvalue weighted by Gasteiger charge is -2.25. The minimum atomic E-state index is -1.11. The van der Waals surface area contributed by atoms with Gasteiger partial charge in [0, 0.05) is 5.92 Å². The topological polar surface area (TPSA) is 78.5 Å². The predicted molar refractivity (Wildman–Crippen MR) is 79.2 cm³/mol. The lowest BCUT2D eigenvalue weighted by atomic mass is 9.87. The number of benzene rings is 1. The van der Waals surface area contributed by atoms with Crippen LogP contribution in [0, 0.1) is 11.8 Å². The van der Waals surface area contributed by atoms with Crippen molar-refractivity contribution in [2.24, 2.45) is 11.8 Å². The Morgan fingerprint density at radius 1 is 1.36 bits per heavy atom. The van der Waals surface area contributed by atoms with Crippen molar-refractivity contribution in [1.29, 1.82) is 0 Å². The Bertz CT molecular complexity index is 631. The van der Waals surface area contributed by atoms with Gasteiger partial charge in [0.25, 0.3) is 5.91 Å². The van der Waals surface area contributed by atoms with Gasteiger partial charge >= 0.3 is 6.03 Å². The molecule has 1 aromatic carbocycles. The molecule has 2 fully saturated rings. The molecule has 0 aromatic heterocycles. The van der Waals surface area contributed by atoms with Crippen LogP contribution in [-0.2, 0) is 15.1 Å². The fourth-order valence-corrected chi connectivity index (χ4v) is 2.92. The summed E-state index contributed by atoms with van der Waals surface area (Å²) in [5.74, 6) is -0.497. The van der Waals surface area contributed by atoms with E-state index in [2.05, 4.69) is 10.7 Å². The Morgan fingerprint density at radius 2 is 2.00 bits per heavy atom. The summed E-state index contributed by atoms with van der Waals surface area (Å²) in [4.78, 5) is 36.9. The first kappa shape index (κ1) is 14.6. The van der Waals surface area contributed by atoms with Crippen LogP contribution in [0.25, 0.3) is 0 Å². The van der Waals surface area contributed by atoms with Gasteiger partial charge in [-0.1, -0.05) is 44.2 Å². The first-order chi connectivity index (χ1) is 10.5. The fourth-order valence-electron chi connectivity index (χ4n) is 2.92. The van der Waals surface area contributed by atoms with Gasteiger partial charge < -0.3 is 5.32 Å². The average Bonchev–Trinajstić information content (AvgIpc) is 3.21. The molecule has 2 N–H and O–H groups in total. The van der Waals surface area contributed by atoms with E-state index in [-0.39, 0.29) is 11.8 Å². The standard InChI is InChI=1S/C16H19N3O3/c1-3-16(11-7-5-4-6-8-11)14(21)19(15(22)17-16)18-13(20)12-9-10(12)2/h4-8,10,12H,3,9H2,1-2H3,(H,17,22)(H,18,20). The van der Waals surface area contributed by atoms with E-state index in [1.54, 1.807) is 12.1 Å². The summed E-state index contributed by atoms with van der Waals surface area (Å²) in [6.45, 7) is 3.80. The highest BCUT2D eigenvalue weighted by atomic mass is 16.2. The maximum Gasteiger partial charge on any atom is 0.344 e. The molecule has 1 aromatic rings. The van der Waals surface area contributed by atoms with Crippen LogP contribution in [0.15, 0.2) is 30.3 Å². The lowest BCUT2D eigenvalue weighted by Crippen LogP contribution is -2.49. The summed E-state index contributed by atoms with van der Waals surface area (Å²) in [5.41, 5.74) is 2.07. The third kappa shape index (κ3) is 2.15. The minimum Gasteiger partial charge on any atom is -0.318 e. The van der Waals surface area contributed by atoms with Crippen LogP contribution in [0.1, 0.15) is 32.3 Å². The molecular formula is C16H19N3O3. The van der Waals surface area contributed by atoms with Crippen molar-refractivity contribution >= 4 is 17.8 Å². The Kier molecular flexibility index (Phi) is 3.39. The van der Waals surface area contributed by atoms with Gasteiger partial charge in [0.1, 0.15) is 5.54 Å². The quantitative estimate of drug-likeness (QED) is 0.828. The third-order valence-corrected chi connectivity index (χ3v) is 4.56. The molecule has 3 rings (SSSR count). The van der Waals surface area contributed by atoms with Crippen molar-refractivity contribution in [1.82, 2.24) is 15.8 Å². The summed E-state index contributed by atoms with van der Waals surface area (Å²) in [7, 11) is 0. The molecule has 6 heteroatoms. The Labute approximate surface area is 128 Å². The molecule has 1 aliphatic carbocycles. The van der Waals surface area contributed by atoms with E-state index in [4.69, 9.17) is 0 Å². The van der Waals surface area contributed by atoms with Crippen molar-refractivity contribution in [2.45, 2.75) is 32.2 Å². The number of hydrazine groups is 1. The summed E-state index contributed by atoms with van der Waals surface area (Å²) >= 11 is 0. The van der Waals surface area contributed by atoms with Crippen LogP contribution in [0.2, 0.25) is 0 Å². The molecule has 6 nitrogen and oxygen atoms in total. The maximum absolute atomic E-state index is 12.8. The molecule has 0 radical (unpaired) electrons. The monoisotopic (exact) mass is 301 g/mol. The fraction of sp³-hybridized carbons (Fsp3) is 0.438. The molecular weight excluding hydrogens is 282 g/mol. The number of hydrogen-bond donors (Lipinski definition) is 2. The Balaban J connectivity index is 1.85. The average molecular weight is 301 g/mol. The molecule has 3 atom stereocenters. The molecule has 116 valence electrons. The largest absolute Gasteiger partial charge is 0.344 e. The zero-order valence-corrected chi connectivity index (χ0v) is 12.6. The number of nitrogens with zero attached hydrogens (tertiary/aromatic N) is 1. The number of carbonyl (C=O) groups is 3. The van der Waals surface area contributed by atoms with E-state index in [1.165, 1.54) is 0 Å². The summed E-state index contributed by atoms with van der Waals surface area (Å²) < 4.78 is 0. The highest BCUT2D eigenvalue weighted by Gasteiger charge is 2.53. The molecule has 22 heavy (non-hydrogen) atoms. The van der Waals surface area contributed by atoms with Gasteiger partial charge in [0.15, 0.2) is 0 Å². The molecule has 1 saturated carbocycles. The van der Waals surface area contributed by atoms with Crippen molar-refractivity contribution in [3.63, 3.8) is 0 Å². The summed E-state index contributed by atoms with van der Waals surface area (Å²) in [5, 5.41) is 3.56. The number of carbonyl (C=O) groups excluding carboxylic acids is 3. The minimum absolute atomic E-state index is 0.103. The van der Waals surface area contributed by atoms with Crippen LogP contribution in [-0.4, -0.2) is 22.9 Å². The van der Waals surface area contributed by atoms with E-state index >= 15 is 0 Å². The molecule has 2 aliphatic rings. The SMILES string of the molecule is CCC1(c2ccccc2)NC(=O)N(NC(=O)C2CC2C)C1=O. The number of imide groups is 1. The smallest absolute Gasteiger partial charge is 0.318 e. The predicted octanol–water partition coefficient (Wildman–Crippen LogP) is 1.53. The number of nitrogens with one attached hydrogen (secondary N) is 2. The van der Waals surface area contributed by atoms with Gasteiger partial charge in [0.2, 0.25) is 5.91 Å². The first-order valence-electron chi connectivity index (χ1n) is 7.52. The van der Waals surface area contributed by atoms with Crippen LogP contribution in [0.5, 0.6) is 0 Å². The summed E-state index contributed by atoms with van der Waals surface area (Å²) in [6, 6.07) is 8.50. The first-order valence-corrected chi connectivity index (χ1v) is 7.52. The Morgan fingerprint density at radius 3 is 2.55 bits per heavy atom. The van der Waals surface area contributed by atoms with Gasteiger partial charge in [-0.15, -0.1) is 0 Å². The number of hydrogen-bond acceptors (Lipinski definition) is 3. The van der Waals surface area contributed by atoms with Crippen molar-refractivity contribution in [3.05, 3.63) is 35.9 Å². The van der Waals surface area contributed by atoms with E-state index in [0.29, 0.717) is 17.9 Å². The number of rotatable bonds is 4. The van der Waals surface area contributed by atoms with Crippen LogP contribution >= 0.6 is 0 Å². The molecule has 1 aliphatic heterocycles. The molecule has 0 spiro atoms.